The van der Waals surface area contributed by atoms with Gasteiger partial charge in [0.1, 0.15) is 0 Å². The first-order chi connectivity index (χ1) is 13.0. The first kappa shape index (κ1) is 19.5. The molecule has 0 aliphatic rings. The van der Waals surface area contributed by atoms with Crippen LogP contribution in [0.1, 0.15) is 23.9 Å². The first-order valence-corrected chi connectivity index (χ1v) is 9.98. The lowest BCUT2D eigenvalue weighted by atomic mass is 10.1. The van der Waals surface area contributed by atoms with Crippen molar-refractivity contribution in [3.63, 3.8) is 0 Å². The van der Waals surface area contributed by atoms with Crippen LogP contribution in [-0.4, -0.2) is 21.3 Å². The van der Waals surface area contributed by atoms with Crippen LogP contribution in [0.3, 0.4) is 0 Å². The molecule has 3 aromatic rings. The molecule has 0 fully saturated rings. The van der Waals surface area contributed by atoms with Crippen LogP contribution >= 0.6 is 23.4 Å². The number of hydrogen-bond acceptors (Lipinski definition) is 5. The van der Waals surface area contributed by atoms with E-state index < -0.39 is 0 Å². The van der Waals surface area contributed by atoms with E-state index in [0.717, 1.165) is 11.1 Å². The summed E-state index contributed by atoms with van der Waals surface area (Å²) in [5.41, 5.74) is 2.98. The summed E-state index contributed by atoms with van der Waals surface area (Å²) in [5, 5.41) is 7.31. The van der Waals surface area contributed by atoms with Crippen LogP contribution in [0.5, 0.6) is 0 Å². The molecule has 0 aliphatic carbocycles. The second-order valence-electron chi connectivity index (χ2n) is 6.14. The van der Waals surface area contributed by atoms with Crippen molar-refractivity contribution in [2.45, 2.75) is 31.4 Å². The summed E-state index contributed by atoms with van der Waals surface area (Å²) in [6.45, 7) is 4.28. The summed E-state index contributed by atoms with van der Waals surface area (Å²) in [6.07, 6.45) is 0. The number of hydrogen-bond donors (Lipinski definition) is 1. The summed E-state index contributed by atoms with van der Waals surface area (Å²) >= 11 is 7.55. The molecule has 0 saturated carbocycles. The Hall–Kier alpha value is -2.31. The third kappa shape index (κ3) is 5.34. The molecule has 1 N–H and O–H groups in total. The van der Waals surface area contributed by atoms with Crippen LogP contribution < -0.4 is 5.32 Å². The number of nitrogens with one attached hydrogen (secondary N) is 1. The zero-order valence-corrected chi connectivity index (χ0v) is 16.7. The van der Waals surface area contributed by atoms with Gasteiger partial charge in [-0.2, -0.15) is 4.98 Å². The van der Waals surface area contributed by atoms with Crippen LogP contribution in [-0.2, 0) is 17.1 Å². The Morgan fingerprint density at radius 3 is 2.70 bits per heavy atom. The Balaban J connectivity index is 1.50. The van der Waals surface area contributed by atoms with E-state index in [-0.39, 0.29) is 11.2 Å². The molecule has 3 rings (SSSR count). The highest BCUT2D eigenvalue weighted by atomic mass is 35.5. The number of carbonyl (C=O) groups is 1. The number of rotatable bonds is 7. The van der Waals surface area contributed by atoms with E-state index in [0.29, 0.717) is 29.0 Å². The molecular weight excluding hydrogens is 382 g/mol. The Kier molecular flexibility index (Phi) is 6.53. The van der Waals surface area contributed by atoms with Crippen molar-refractivity contribution in [1.82, 2.24) is 15.5 Å². The number of aryl methyl sites for hydroxylation is 1. The van der Waals surface area contributed by atoms with Gasteiger partial charge in [-0.25, -0.2) is 0 Å². The number of amides is 1. The van der Waals surface area contributed by atoms with Gasteiger partial charge in [-0.05, 0) is 25.5 Å². The number of carbonyl (C=O) groups excluding carboxylic acids is 1. The van der Waals surface area contributed by atoms with E-state index in [9.17, 15) is 4.79 Å². The zero-order chi connectivity index (χ0) is 19.2. The fourth-order valence-corrected chi connectivity index (χ4v) is 3.32. The van der Waals surface area contributed by atoms with E-state index in [4.69, 9.17) is 16.1 Å². The highest BCUT2D eigenvalue weighted by Gasteiger charge is 2.16. The predicted molar refractivity (Wildman–Crippen MR) is 109 cm³/mol. The van der Waals surface area contributed by atoms with Crippen molar-refractivity contribution >= 4 is 29.3 Å². The molecule has 140 valence electrons. The minimum atomic E-state index is -0.248. The molecule has 1 heterocycles. The Labute approximate surface area is 167 Å². The summed E-state index contributed by atoms with van der Waals surface area (Å²) in [4.78, 5) is 16.7. The molecule has 1 unspecified atom stereocenters. The van der Waals surface area contributed by atoms with Gasteiger partial charge in [0.25, 0.3) is 0 Å². The lowest BCUT2D eigenvalue weighted by Crippen LogP contribution is -2.30. The lowest BCUT2D eigenvalue weighted by Gasteiger charge is -2.11. The lowest BCUT2D eigenvalue weighted by molar-refractivity contribution is -0.120. The summed E-state index contributed by atoms with van der Waals surface area (Å²) in [5.74, 6) is 1.47. The van der Waals surface area contributed by atoms with Crippen molar-refractivity contribution in [2.24, 2.45) is 0 Å². The Morgan fingerprint density at radius 2 is 1.96 bits per heavy atom. The maximum atomic E-state index is 12.3. The van der Waals surface area contributed by atoms with Crippen LogP contribution in [0.25, 0.3) is 11.4 Å². The van der Waals surface area contributed by atoms with Crippen LogP contribution in [0.4, 0.5) is 0 Å². The SMILES string of the molecule is Cc1ccc(-c2noc(CSC(C)C(=O)NCc3ccccc3Cl)n2)cc1. The minimum Gasteiger partial charge on any atom is -0.351 e. The number of aromatic nitrogens is 2. The third-order valence-electron chi connectivity index (χ3n) is 4.01. The third-order valence-corrected chi connectivity index (χ3v) is 5.51. The van der Waals surface area contributed by atoms with Gasteiger partial charge in [0.15, 0.2) is 0 Å². The number of benzene rings is 2. The Bertz CT molecular complexity index is 912. The van der Waals surface area contributed by atoms with Crippen LogP contribution in [0.2, 0.25) is 5.02 Å². The normalized spacial score (nSPS) is 12.0. The maximum absolute atomic E-state index is 12.3. The largest absolute Gasteiger partial charge is 0.351 e. The monoisotopic (exact) mass is 401 g/mol. The van der Waals surface area contributed by atoms with Crippen LogP contribution in [0.15, 0.2) is 53.1 Å². The van der Waals surface area contributed by atoms with E-state index >= 15 is 0 Å². The van der Waals surface area contributed by atoms with Gasteiger partial charge in [-0.1, -0.05) is 64.8 Å². The smallest absolute Gasteiger partial charge is 0.236 e. The molecular formula is C20H20ClN3O2S. The first-order valence-electron chi connectivity index (χ1n) is 8.55. The van der Waals surface area contributed by atoms with Crippen molar-refractivity contribution in [3.05, 3.63) is 70.6 Å². The van der Waals surface area contributed by atoms with Gasteiger partial charge >= 0.3 is 0 Å². The van der Waals surface area contributed by atoms with Crippen molar-refractivity contribution in [2.75, 3.05) is 0 Å². The molecule has 7 heteroatoms. The molecule has 0 bridgehead atoms. The molecule has 5 nitrogen and oxygen atoms in total. The van der Waals surface area contributed by atoms with E-state index in [1.165, 1.54) is 17.3 Å². The number of thioether (sulfide) groups is 1. The minimum absolute atomic E-state index is 0.0572. The standard InChI is InChI=1S/C20H20ClN3O2S/c1-13-7-9-15(10-8-13)19-23-18(26-24-19)12-27-14(2)20(25)22-11-16-5-3-4-6-17(16)21/h3-10,14H,11-12H2,1-2H3,(H,22,25). The molecule has 0 saturated heterocycles. The van der Waals surface area contributed by atoms with Gasteiger partial charge in [0, 0.05) is 17.1 Å². The average molecular weight is 402 g/mol. The Morgan fingerprint density at radius 1 is 1.22 bits per heavy atom. The number of nitrogens with zero attached hydrogens (tertiary/aromatic N) is 2. The van der Waals surface area contributed by atoms with Crippen molar-refractivity contribution in [3.8, 4) is 11.4 Å². The van der Waals surface area contributed by atoms with E-state index in [1.807, 2.05) is 62.4 Å². The fourth-order valence-electron chi connectivity index (χ4n) is 2.37. The molecule has 0 spiro atoms. The van der Waals surface area contributed by atoms with E-state index in [1.54, 1.807) is 0 Å². The molecule has 1 atom stereocenters. The van der Waals surface area contributed by atoms with Gasteiger partial charge in [0.05, 0.1) is 11.0 Å². The molecule has 2 aromatic carbocycles. The van der Waals surface area contributed by atoms with Gasteiger partial charge in [-0.3, -0.25) is 4.79 Å². The summed E-state index contributed by atoms with van der Waals surface area (Å²) in [6, 6.07) is 15.4. The summed E-state index contributed by atoms with van der Waals surface area (Å²) in [7, 11) is 0. The highest BCUT2D eigenvalue weighted by molar-refractivity contribution is 7.99. The van der Waals surface area contributed by atoms with Crippen molar-refractivity contribution in [1.29, 1.82) is 0 Å². The molecule has 1 amide bonds. The highest BCUT2D eigenvalue weighted by Crippen LogP contribution is 2.21. The predicted octanol–water partition coefficient (Wildman–Crippen LogP) is 4.64. The molecule has 0 radical (unpaired) electrons. The fraction of sp³-hybridized carbons (Fsp3) is 0.250. The number of halogens is 1. The second-order valence-corrected chi connectivity index (χ2v) is 7.88. The quantitative estimate of drug-likeness (QED) is 0.624. The average Bonchev–Trinajstić information content (AvgIpc) is 3.15. The second kappa shape index (κ2) is 9.06. The van der Waals surface area contributed by atoms with Crippen LogP contribution in [0, 0.1) is 6.92 Å². The summed E-state index contributed by atoms with van der Waals surface area (Å²) < 4.78 is 5.29. The molecule has 1 aromatic heterocycles. The van der Waals surface area contributed by atoms with Gasteiger partial charge in [-0.15, -0.1) is 11.8 Å². The van der Waals surface area contributed by atoms with E-state index in [2.05, 4.69) is 15.5 Å². The molecule has 0 aliphatic heterocycles. The van der Waals surface area contributed by atoms with Gasteiger partial charge in [0.2, 0.25) is 17.6 Å². The molecule has 27 heavy (non-hydrogen) atoms. The topological polar surface area (TPSA) is 68.0 Å². The zero-order valence-electron chi connectivity index (χ0n) is 15.1. The van der Waals surface area contributed by atoms with Crippen molar-refractivity contribution < 1.29 is 9.32 Å². The van der Waals surface area contributed by atoms with Gasteiger partial charge < -0.3 is 9.84 Å². The maximum Gasteiger partial charge on any atom is 0.236 e.